The normalized spacial score (nSPS) is 25.9. The van der Waals surface area contributed by atoms with Gasteiger partial charge in [-0.15, -0.1) is 0 Å². The summed E-state index contributed by atoms with van der Waals surface area (Å²) in [6.07, 6.45) is 0.956. The highest BCUT2D eigenvalue weighted by molar-refractivity contribution is 7.99. The van der Waals surface area contributed by atoms with Crippen LogP contribution in [0, 0.1) is 0 Å². The van der Waals surface area contributed by atoms with E-state index in [1.165, 1.54) is 0 Å². The van der Waals surface area contributed by atoms with Gasteiger partial charge in [-0.1, -0.05) is 30.1 Å². The highest BCUT2D eigenvalue weighted by atomic mass is 35.5. The Kier molecular flexibility index (Phi) is 3.51. The van der Waals surface area contributed by atoms with Crippen LogP contribution >= 0.6 is 35.0 Å². The molecule has 2 unspecified atom stereocenters. The Labute approximate surface area is 104 Å². The van der Waals surface area contributed by atoms with Crippen molar-refractivity contribution in [3.8, 4) is 0 Å². The highest BCUT2D eigenvalue weighted by Gasteiger charge is 2.23. The van der Waals surface area contributed by atoms with Gasteiger partial charge in [0.15, 0.2) is 0 Å². The van der Waals surface area contributed by atoms with Gasteiger partial charge in [-0.25, -0.2) is 0 Å². The molecule has 0 aromatic heterocycles. The van der Waals surface area contributed by atoms with Gasteiger partial charge in [-0.3, -0.25) is 0 Å². The summed E-state index contributed by atoms with van der Waals surface area (Å²) in [6.45, 7) is 2.19. The van der Waals surface area contributed by atoms with Crippen molar-refractivity contribution < 1.29 is 0 Å². The van der Waals surface area contributed by atoms with E-state index in [1.807, 2.05) is 23.9 Å². The standard InChI is InChI=1S/C11H13Cl2NS/c1-6-4-10(14)11-7(5-15-6)8(12)2-3-9(11)13/h2-3,6,10H,4-5,14H2,1H3. The molecule has 2 rings (SSSR count). The number of nitrogens with two attached hydrogens (primary N) is 1. The van der Waals surface area contributed by atoms with Crippen LogP contribution in [0.5, 0.6) is 0 Å². The van der Waals surface area contributed by atoms with Crippen LogP contribution in [0.25, 0.3) is 0 Å². The third kappa shape index (κ3) is 2.28. The Hall–Kier alpha value is 0.110. The third-order valence-corrected chi connectivity index (χ3v) is 4.62. The number of thioether (sulfide) groups is 1. The Morgan fingerprint density at radius 3 is 2.73 bits per heavy atom. The van der Waals surface area contributed by atoms with E-state index in [9.17, 15) is 0 Å². The van der Waals surface area contributed by atoms with E-state index in [0.29, 0.717) is 5.25 Å². The molecule has 1 aliphatic heterocycles. The second kappa shape index (κ2) is 4.54. The van der Waals surface area contributed by atoms with Crippen LogP contribution in [0.3, 0.4) is 0 Å². The molecule has 0 amide bonds. The fraction of sp³-hybridized carbons (Fsp3) is 0.455. The second-order valence-electron chi connectivity index (χ2n) is 3.89. The van der Waals surface area contributed by atoms with Crippen molar-refractivity contribution in [2.75, 3.05) is 0 Å². The van der Waals surface area contributed by atoms with Crippen molar-refractivity contribution in [3.05, 3.63) is 33.3 Å². The predicted molar refractivity (Wildman–Crippen MR) is 68.8 cm³/mol. The first-order valence-electron chi connectivity index (χ1n) is 4.93. The molecule has 1 aliphatic rings. The van der Waals surface area contributed by atoms with Gasteiger partial charge in [0.05, 0.1) is 0 Å². The summed E-state index contributed by atoms with van der Waals surface area (Å²) in [4.78, 5) is 0. The van der Waals surface area contributed by atoms with Crippen LogP contribution in [0.15, 0.2) is 12.1 Å². The van der Waals surface area contributed by atoms with Crippen molar-refractivity contribution in [2.24, 2.45) is 5.73 Å². The summed E-state index contributed by atoms with van der Waals surface area (Å²) in [7, 11) is 0. The fourth-order valence-electron chi connectivity index (χ4n) is 1.93. The fourth-order valence-corrected chi connectivity index (χ4v) is 3.66. The lowest BCUT2D eigenvalue weighted by molar-refractivity contribution is 0.651. The minimum Gasteiger partial charge on any atom is -0.324 e. The average molecular weight is 262 g/mol. The molecule has 0 fully saturated rings. The summed E-state index contributed by atoms with van der Waals surface area (Å²) < 4.78 is 0. The van der Waals surface area contributed by atoms with Crippen LogP contribution in [0.2, 0.25) is 10.0 Å². The first-order valence-corrected chi connectivity index (χ1v) is 6.74. The Bertz CT molecular complexity index is 381. The van der Waals surface area contributed by atoms with Crippen LogP contribution in [-0.2, 0) is 5.75 Å². The molecule has 82 valence electrons. The smallest absolute Gasteiger partial charge is 0.0457 e. The van der Waals surface area contributed by atoms with Gasteiger partial charge >= 0.3 is 0 Å². The lowest BCUT2D eigenvalue weighted by Gasteiger charge is -2.16. The summed E-state index contributed by atoms with van der Waals surface area (Å²) in [5, 5.41) is 2.09. The molecule has 0 saturated heterocycles. The van der Waals surface area contributed by atoms with E-state index < -0.39 is 0 Å². The van der Waals surface area contributed by atoms with Crippen molar-refractivity contribution in [1.82, 2.24) is 0 Å². The van der Waals surface area contributed by atoms with Gasteiger partial charge in [0, 0.05) is 27.1 Å². The Balaban J connectivity index is 2.52. The lowest BCUT2D eigenvalue weighted by atomic mass is 9.98. The van der Waals surface area contributed by atoms with Gasteiger partial charge in [0.25, 0.3) is 0 Å². The van der Waals surface area contributed by atoms with Gasteiger partial charge < -0.3 is 5.73 Å². The molecule has 4 heteroatoms. The largest absolute Gasteiger partial charge is 0.324 e. The Morgan fingerprint density at radius 2 is 2.00 bits per heavy atom. The summed E-state index contributed by atoms with van der Waals surface area (Å²) in [5.41, 5.74) is 8.31. The van der Waals surface area contributed by atoms with Crippen molar-refractivity contribution in [2.45, 2.75) is 30.4 Å². The minimum absolute atomic E-state index is 0.0104. The van der Waals surface area contributed by atoms with Crippen molar-refractivity contribution in [1.29, 1.82) is 0 Å². The highest BCUT2D eigenvalue weighted by Crippen LogP contribution is 2.40. The molecule has 2 N–H and O–H groups in total. The van der Waals surface area contributed by atoms with E-state index in [4.69, 9.17) is 28.9 Å². The SMILES string of the molecule is CC1CC(N)c2c(Cl)ccc(Cl)c2CS1. The van der Waals surface area contributed by atoms with Crippen LogP contribution in [-0.4, -0.2) is 5.25 Å². The quantitative estimate of drug-likeness (QED) is 0.764. The third-order valence-electron chi connectivity index (χ3n) is 2.72. The molecule has 1 aromatic rings. The first kappa shape index (κ1) is 11.6. The molecular formula is C11H13Cl2NS. The van der Waals surface area contributed by atoms with E-state index >= 15 is 0 Å². The Morgan fingerprint density at radius 1 is 1.33 bits per heavy atom. The molecule has 15 heavy (non-hydrogen) atoms. The summed E-state index contributed by atoms with van der Waals surface area (Å²) in [6, 6.07) is 3.70. The molecule has 0 radical (unpaired) electrons. The van der Waals surface area contributed by atoms with E-state index in [-0.39, 0.29) is 6.04 Å². The maximum absolute atomic E-state index is 6.18. The summed E-state index contributed by atoms with van der Waals surface area (Å²) >= 11 is 14.2. The molecule has 2 atom stereocenters. The van der Waals surface area contributed by atoms with Crippen LogP contribution < -0.4 is 5.73 Å². The van der Waals surface area contributed by atoms with Crippen LogP contribution in [0.1, 0.15) is 30.5 Å². The van der Waals surface area contributed by atoms with Crippen LogP contribution in [0.4, 0.5) is 0 Å². The van der Waals surface area contributed by atoms with E-state index in [1.54, 1.807) is 0 Å². The number of fused-ring (bicyclic) bond motifs is 1. The zero-order valence-corrected chi connectivity index (χ0v) is 10.8. The first-order chi connectivity index (χ1) is 7.09. The molecule has 0 spiro atoms. The number of hydrogen-bond donors (Lipinski definition) is 1. The predicted octanol–water partition coefficient (Wildman–Crippen LogP) is 4.02. The molecule has 1 heterocycles. The second-order valence-corrected chi connectivity index (χ2v) is 6.13. The molecule has 1 aromatic carbocycles. The monoisotopic (exact) mass is 261 g/mol. The molecule has 0 saturated carbocycles. The van der Waals surface area contributed by atoms with Gasteiger partial charge in [-0.05, 0) is 29.7 Å². The number of rotatable bonds is 0. The lowest BCUT2D eigenvalue weighted by Crippen LogP contribution is -2.14. The number of hydrogen-bond acceptors (Lipinski definition) is 2. The van der Waals surface area contributed by atoms with Gasteiger partial charge in [0.1, 0.15) is 0 Å². The number of benzene rings is 1. The van der Waals surface area contributed by atoms with Crippen molar-refractivity contribution in [3.63, 3.8) is 0 Å². The zero-order valence-electron chi connectivity index (χ0n) is 8.47. The minimum atomic E-state index is 0.0104. The molecule has 1 nitrogen and oxygen atoms in total. The van der Waals surface area contributed by atoms with Gasteiger partial charge in [-0.2, -0.15) is 11.8 Å². The van der Waals surface area contributed by atoms with E-state index in [0.717, 1.165) is 33.3 Å². The van der Waals surface area contributed by atoms with E-state index in [2.05, 4.69) is 6.92 Å². The molecule has 0 bridgehead atoms. The zero-order chi connectivity index (χ0) is 11.0. The maximum atomic E-state index is 6.18. The molecule has 0 aliphatic carbocycles. The van der Waals surface area contributed by atoms with Crippen molar-refractivity contribution >= 4 is 35.0 Å². The number of halogens is 2. The average Bonchev–Trinajstić information content (AvgIpc) is 2.32. The molecular weight excluding hydrogens is 249 g/mol. The summed E-state index contributed by atoms with van der Waals surface area (Å²) in [5.74, 6) is 0.906. The topological polar surface area (TPSA) is 26.0 Å². The van der Waals surface area contributed by atoms with Gasteiger partial charge in [0.2, 0.25) is 0 Å². The maximum Gasteiger partial charge on any atom is 0.0457 e.